The van der Waals surface area contributed by atoms with Gasteiger partial charge in [-0.1, -0.05) is 29.3 Å². The molecule has 0 unspecified atom stereocenters. The zero-order chi connectivity index (χ0) is 36.0. The van der Waals surface area contributed by atoms with Gasteiger partial charge in [0.25, 0.3) is 0 Å². The lowest BCUT2D eigenvalue weighted by molar-refractivity contribution is -0.107. The van der Waals surface area contributed by atoms with E-state index in [1.807, 2.05) is 70.6 Å². The van der Waals surface area contributed by atoms with E-state index in [1.54, 1.807) is 17.0 Å². The Bertz CT molecular complexity index is 2260. The number of nitrogens with one attached hydrogen (secondary N) is 1. The van der Waals surface area contributed by atoms with Crippen molar-refractivity contribution in [2.75, 3.05) is 18.1 Å². The zero-order valence-corrected chi connectivity index (χ0v) is 30.9. The van der Waals surface area contributed by atoms with Crippen molar-refractivity contribution in [2.24, 2.45) is 7.05 Å². The Morgan fingerprint density at radius 2 is 1.70 bits per heavy atom. The number of benzene rings is 3. The normalized spacial score (nSPS) is 11.5. The molecule has 3 heterocycles. The molecule has 0 aliphatic carbocycles. The van der Waals surface area contributed by atoms with Crippen LogP contribution in [0.4, 0.5) is 5.69 Å². The first-order chi connectivity index (χ1) is 23.8. The average molecular weight is 715 g/mol. The minimum absolute atomic E-state index is 0.181. The highest BCUT2D eigenvalue weighted by molar-refractivity contribution is 6.35. The number of halogens is 2. The number of aromatic carboxylic acids is 1. The molecule has 1 amide bonds. The monoisotopic (exact) mass is 713 g/mol. The number of hydrogen-bond acceptors (Lipinski definition) is 4. The first-order valence-electron chi connectivity index (χ1n) is 16.6. The zero-order valence-electron chi connectivity index (χ0n) is 29.4. The molecular formula is C39H41Cl2N5O4. The molecule has 0 atom stereocenters. The van der Waals surface area contributed by atoms with Gasteiger partial charge < -0.3 is 23.9 Å². The summed E-state index contributed by atoms with van der Waals surface area (Å²) in [6.45, 7) is 13.3. The van der Waals surface area contributed by atoms with Crippen LogP contribution < -0.4 is 9.64 Å². The fourth-order valence-corrected chi connectivity index (χ4v) is 7.70. The Morgan fingerprint density at radius 1 is 0.980 bits per heavy atom. The highest BCUT2D eigenvalue weighted by Crippen LogP contribution is 2.42. The van der Waals surface area contributed by atoms with E-state index in [0.29, 0.717) is 35.8 Å². The maximum atomic E-state index is 12.7. The third-order valence-electron chi connectivity index (χ3n) is 9.68. The highest BCUT2D eigenvalue weighted by Gasteiger charge is 2.24. The molecule has 50 heavy (non-hydrogen) atoms. The first-order valence-corrected chi connectivity index (χ1v) is 17.3. The third-order valence-corrected chi connectivity index (χ3v) is 10.6. The van der Waals surface area contributed by atoms with Crippen molar-refractivity contribution in [3.8, 4) is 16.9 Å². The van der Waals surface area contributed by atoms with Crippen molar-refractivity contribution in [3.63, 3.8) is 0 Å². The SMILES string of the molecule is Cc1cc(OCCCc2c(C)n(CCN(C=O)c3cn(C)c4c(C)cc(C(=O)O)cc34)c3c(-c4c(C)n[nH]c4C)c(Cl)ccc23)cc(C)c1Cl. The molecule has 0 bridgehead atoms. The summed E-state index contributed by atoms with van der Waals surface area (Å²) < 4.78 is 10.4. The van der Waals surface area contributed by atoms with Gasteiger partial charge in [-0.3, -0.25) is 9.89 Å². The Hall–Kier alpha value is -4.73. The second kappa shape index (κ2) is 13.9. The number of carboxylic acids is 1. The second-order valence-electron chi connectivity index (χ2n) is 13.1. The number of aromatic nitrogens is 4. The molecule has 260 valence electrons. The molecule has 0 saturated heterocycles. The Morgan fingerprint density at radius 3 is 2.34 bits per heavy atom. The summed E-state index contributed by atoms with van der Waals surface area (Å²) in [5, 5.41) is 20.5. The van der Waals surface area contributed by atoms with Crippen LogP contribution in [0.25, 0.3) is 32.9 Å². The van der Waals surface area contributed by atoms with Crippen molar-refractivity contribution in [2.45, 2.75) is 60.9 Å². The minimum atomic E-state index is -1.01. The van der Waals surface area contributed by atoms with Crippen molar-refractivity contribution in [1.29, 1.82) is 0 Å². The van der Waals surface area contributed by atoms with Gasteiger partial charge in [0.2, 0.25) is 6.41 Å². The van der Waals surface area contributed by atoms with Crippen LogP contribution in [0.2, 0.25) is 10.0 Å². The Labute approximate surface area is 301 Å². The van der Waals surface area contributed by atoms with Crippen LogP contribution in [0.1, 0.15) is 56.1 Å². The van der Waals surface area contributed by atoms with Gasteiger partial charge in [-0.05, 0) is 107 Å². The standard InChI is InChI=1S/C39H41Cl2N5O4/c1-21-16-28(17-22(2)36(21)41)50-14-8-9-29-26(6)46(38-30(29)10-11-32(40)35(38)34-24(4)42-43-25(34)5)13-12-45(20-47)33-19-44(7)37-23(3)15-27(39(48)49)18-31(33)37/h10-11,15-20H,8-9,12-14H2,1-7H3,(H,42,43)(H,48,49). The van der Waals surface area contributed by atoms with Crippen LogP contribution in [-0.2, 0) is 24.8 Å². The van der Waals surface area contributed by atoms with Gasteiger partial charge in [0, 0.05) is 64.6 Å². The van der Waals surface area contributed by atoms with Crippen molar-refractivity contribution in [1.82, 2.24) is 19.3 Å². The van der Waals surface area contributed by atoms with Gasteiger partial charge >= 0.3 is 5.97 Å². The minimum Gasteiger partial charge on any atom is -0.494 e. The Kier molecular flexibility index (Phi) is 9.75. The molecular weight excluding hydrogens is 673 g/mol. The molecule has 0 aliphatic heterocycles. The smallest absolute Gasteiger partial charge is 0.335 e. The van der Waals surface area contributed by atoms with E-state index in [9.17, 15) is 14.7 Å². The molecule has 6 rings (SSSR count). The third kappa shape index (κ3) is 6.24. The van der Waals surface area contributed by atoms with E-state index in [0.717, 1.165) is 91.3 Å². The summed E-state index contributed by atoms with van der Waals surface area (Å²) >= 11 is 13.4. The van der Waals surface area contributed by atoms with E-state index in [4.69, 9.17) is 27.9 Å². The summed E-state index contributed by atoms with van der Waals surface area (Å²) in [7, 11) is 1.90. The molecule has 0 spiro atoms. The number of hydrogen-bond donors (Lipinski definition) is 2. The average Bonchev–Trinajstić information content (AvgIpc) is 3.68. The number of aromatic amines is 1. The number of ether oxygens (including phenoxy) is 1. The van der Waals surface area contributed by atoms with Crippen LogP contribution in [0.15, 0.2) is 42.6 Å². The number of anilines is 1. The van der Waals surface area contributed by atoms with E-state index in [-0.39, 0.29) is 5.56 Å². The van der Waals surface area contributed by atoms with Gasteiger partial charge in [0.15, 0.2) is 0 Å². The molecule has 0 fully saturated rings. The fraction of sp³-hybridized carbons (Fsp3) is 0.308. The topological polar surface area (TPSA) is 105 Å². The largest absolute Gasteiger partial charge is 0.494 e. The Balaban J connectivity index is 1.39. The van der Waals surface area contributed by atoms with Crippen molar-refractivity contribution >= 4 is 63.1 Å². The van der Waals surface area contributed by atoms with Crippen LogP contribution in [0, 0.1) is 41.5 Å². The van der Waals surface area contributed by atoms with E-state index in [2.05, 4.69) is 27.8 Å². The molecule has 3 aromatic heterocycles. The summed E-state index contributed by atoms with van der Waals surface area (Å²) in [5.41, 5.74) is 11.4. The lowest BCUT2D eigenvalue weighted by Crippen LogP contribution is -2.26. The van der Waals surface area contributed by atoms with Crippen molar-refractivity contribution < 1.29 is 19.4 Å². The fourth-order valence-electron chi connectivity index (χ4n) is 7.35. The lowest BCUT2D eigenvalue weighted by Gasteiger charge is -2.20. The number of carboxylic acid groups (broad SMARTS) is 1. The summed E-state index contributed by atoms with van der Waals surface area (Å²) in [6, 6.07) is 11.3. The second-order valence-corrected chi connectivity index (χ2v) is 13.9. The summed E-state index contributed by atoms with van der Waals surface area (Å²) in [4.78, 5) is 26.3. The van der Waals surface area contributed by atoms with E-state index >= 15 is 0 Å². The van der Waals surface area contributed by atoms with Crippen LogP contribution in [0.3, 0.4) is 0 Å². The first kappa shape index (κ1) is 35.1. The van der Waals surface area contributed by atoms with Crippen LogP contribution >= 0.6 is 23.2 Å². The summed E-state index contributed by atoms with van der Waals surface area (Å²) in [5.74, 6) is -0.209. The van der Waals surface area contributed by atoms with Crippen LogP contribution in [-0.4, -0.2) is 50.0 Å². The highest BCUT2D eigenvalue weighted by atomic mass is 35.5. The number of aryl methyl sites for hydroxylation is 7. The molecule has 0 radical (unpaired) electrons. The van der Waals surface area contributed by atoms with Gasteiger partial charge in [-0.25, -0.2) is 4.79 Å². The van der Waals surface area contributed by atoms with E-state index < -0.39 is 5.97 Å². The van der Waals surface area contributed by atoms with Crippen molar-refractivity contribution in [3.05, 3.63) is 97.5 Å². The predicted octanol–water partition coefficient (Wildman–Crippen LogP) is 9.05. The molecule has 0 aliphatic rings. The molecule has 11 heteroatoms. The molecule has 6 aromatic rings. The lowest BCUT2D eigenvalue weighted by atomic mass is 9.98. The van der Waals surface area contributed by atoms with Gasteiger partial charge in [0.1, 0.15) is 5.75 Å². The number of carbonyl (C=O) groups excluding carboxylic acids is 1. The maximum absolute atomic E-state index is 12.7. The quantitative estimate of drug-likeness (QED) is 0.0973. The number of H-pyrrole nitrogens is 1. The van der Waals surface area contributed by atoms with Gasteiger partial charge in [0.05, 0.1) is 39.6 Å². The summed E-state index contributed by atoms with van der Waals surface area (Å²) in [6.07, 6.45) is 4.25. The number of amides is 1. The number of carbonyl (C=O) groups is 2. The maximum Gasteiger partial charge on any atom is 0.335 e. The van der Waals surface area contributed by atoms with Crippen LogP contribution in [0.5, 0.6) is 5.75 Å². The van der Waals surface area contributed by atoms with Gasteiger partial charge in [-0.15, -0.1) is 0 Å². The predicted molar refractivity (Wildman–Crippen MR) is 202 cm³/mol. The molecule has 0 saturated carbocycles. The number of fused-ring (bicyclic) bond motifs is 2. The van der Waals surface area contributed by atoms with E-state index in [1.165, 1.54) is 5.56 Å². The molecule has 3 aromatic carbocycles. The molecule has 9 nitrogen and oxygen atoms in total. The number of nitrogens with zero attached hydrogens (tertiary/aromatic N) is 4. The molecule has 2 N–H and O–H groups in total. The van der Waals surface area contributed by atoms with Gasteiger partial charge in [-0.2, -0.15) is 5.10 Å². The number of rotatable bonds is 12.